The van der Waals surface area contributed by atoms with Crippen molar-refractivity contribution in [2.75, 3.05) is 0 Å². The molecule has 114 valence electrons. The maximum atomic E-state index is 3.87. The van der Waals surface area contributed by atoms with Gasteiger partial charge >= 0.3 is 51.4 Å². The first-order chi connectivity index (χ1) is 8.91. The van der Waals surface area contributed by atoms with Gasteiger partial charge in [-0.15, -0.1) is 0 Å². The van der Waals surface area contributed by atoms with Crippen LogP contribution in [0.3, 0.4) is 0 Å². The molecule has 0 bridgehead atoms. The van der Waals surface area contributed by atoms with Gasteiger partial charge in [-0.3, -0.25) is 0 Å². The number of rotatable bonds is 13. The predicted molar refractivity (Wildman–Crippen MR) is 88.3 cm³/mol. The number of hydrogen-bond acceptors (Lipinski definition) is 0. The fraction of sp³-hybridized carbons (Fsp3) is 0.722. The quantitative estimate of drug-likeness (QED) is 0.217. The van der Waals surface area contributed by atoms with Crippen molar-refractivity contribution >= 4 is 0 Å². The standard InChI is InChI=1S/C18H33.K.H2O/c1-3-5-7-9-11-13-15-17-18-16-14-12-10-8-6-4-2;;/h12,14,17-18H,1,3-11,13,15-16H2,2H3;;1H2/q-1;+1;/b14-12-,18-17-;;. The van der Waals surface area contributed by atoms with Gasteiger partial charge < -0.3 is 12.4 Å². The molecule has 0 unspecified atom stereocenters. The molecular weight excluding hydrogens is 271 g/mol. The van der Waals surface area contributed by atoms with Gasteiger partial charge in [0, 0.05) is 0 Å². The molecule has 0 saturated heterocycles. The van der Waals surface area contributed by atoms with Gasteiger partial charge in [0.15, 0.2) is 0 Å². The molecule has 2 N–H and O–H groups in total. The Morgan fingerprint density at radius 3 is 1.75 bits per heavy atom. The zero-order valence-corrected chi connectivity index (χ0v) is 17.1. The molecule has 0 spiro atoms. The zero-order chi connectivity index (χ0) is 13.3. The first-order valence-corrected chi connectivity index (χ1v) is 8.01. The van der Waals surface area contributed by atoms with E-state index in [4.69, 9.17) is 0 Å². The summed E-state index contributed by atoms with van der Waals surface area (Å²) < 4.78 is 0. The van der Waals surface area contributed by atoms with Crippen LogP contribution in [0.4, 0.5) is 0 Å². The van der Waals surface area contributed by atoms with Crippen LogP contribution in [-0.2, 0) is 0 Å². The fourth-order valence-corrected chi connectivity index (χ4v) is 1.99. The summed E-state index contributed by atoms with van der Waals surface area (Å²) in [6.45, 7) is 6.12. The van der Waals surface area contributed by atoms with Crippen LogP contribution in [-0.4, -0.2) is 5.48 Å². The monoisotopic (exact) mass is 306 g/mol. The third kappa shape index (κ3) is 24.1. The second-order valence-electron chi connectivity index (χ2n) is 5.08. The van der Waals surface area contributed by atoms with E-state index in [0.29, 0.717) is 0 Å². The van der Waals surface area contributed by atoms with Gasteiger partial charge in [-0.05, 0) is 32.1 Å². The van der Waals surface area contributed by atoms with E-state index in [9.17, 15) is 0 Å². The average Bonchev–Trinajstić information content (AvgIpc) is 2.39. The van der Waals surface area contributed by atoms with Crippen LogP contribution in [0.1, 0.15) is 84.0 Å². The smallest absolute Gasteiger partial charge is 0.412 e. The van der Waals surface area contributed by atoms with E-state index in [2.05, 4.69) is 38.2 Å². The molecule has 2 heteroatoms. The molecule has 0 saturated carbocycles. The molecule has 0 aromatic rings. The van der Waals surface area contributed by atoms with Crippen LogP contribution in [0.5, 0.6) is 0 Å². The molecule has 0 aliphatic rings. The third-order valence-corrected chi connectivity index (χ3v) is 3.20. The van der Waals surface area contributed by atoms with Gasteiger partial charge in [0.2, 0.25) is 0 Å². The Hall–Kier alpha value is 1.08. The van der Waals surface area contributed by atoms with E-state index in [1.807, 2.05) is 0 Å². The molecule has 0 heterocycles. The molecule has 0 rings (SSSR count). The topological polar surface area (TPSA) is 31.5 Å². The van der Waals surface area contributed by atoms with Crippen LogP contribution < -0.4 is 51.4 Å². The minimum absolute atomic E-state index is 0. The van der Waals surface area contributed by atoms with Crippen molar-refractivity contribution in [2.24, 2.45) is 0 Å². The normalized spacial score (nSPS) is 10.7. The molecule has 0 aliphatic carbocycles. The Morgan fingerprint density at radius 1 is 0.700 bits per heavy atom. The SMILES string of the molecule is O.[CH2-]CCCCCCC/C=C\C/C=C\CCCCC.[K+]. The Balaban J connectivity index is -0.00000144. The molecule has 0 aromatic carbocycles. The van der Waals surface area contributed by atoms with E-state index in [1.165, 1.54) is 64.2 Å². The molecule has 0 aliphatic heterocycles. The van der Waals surface area contributed by atoms with Crippen molar-refractivity contribution in [1.29, 1.82) is 0 Å². The van der Waals surface area contributed by atoms with Crippen LogP contribution >= 0.6 is 0 Å². The largest absolute Gasteiger partial charge is 1.00 e. The maximum absolute atomic E-state index is 3.87. The summed E-state index contributed by atoms with van der Waals surface area (Å²) in [7, 11) is 0. The van der Waals surface area contributed by atoms with Gasteiger partial charge in [0.05, 0.1) is 0 Å². The summed E-state index contributed by atoms with van der Waals surface area (Å²) in [4.78, 5) is 0. The van der Waals surface area contributed by atoms with Gasteiger partial charge in [-0.1, -0.05) is 69.8 Å². The minimum atomic E-state index is 0. The van der Waals surface area contributed by atoms with Crippen LogP contribution in [0.15, 0.2) is 24.3 Å². The maximum Gasteiger partial charge on any atom is 1.00 e. The van der Waals surface area contributed by atoms with Gasteiger partial charge in [-0.2, -0.15) is 6.42 Å². The Morgan fingerprint density at radius 2 is 1.20 bits per heavy atom. The molecule has 20 heavy (non-hydrogen) atoms. The second kappa shape index (κ2) is 25.1. The van der Waals surface area contributed by atoms with Crippen LogP contribution in [0.2, 0.25) is 0 Å². The minimum Gasteiger partial charge on any atom is -0.412 e. The number of allylic oxidation sites excluding steroid dienone is 4. The molecule has 0 atom stereocenters. The van der Waals surface area contributed by atoms with Crippen LogP contribution in [0, 0.1) is 6.92 Å². The first-order valence-electron chi connectivity index (χ1n) is 8.01. The summed E-state index contributed by atoms with van der Waals surface area (Å²) in [6.07, 6.45) is 24.9. The van der Waals surface area contributed by atoms with Gasteiger partial charge in [0.25, 0.3) is 0 Å². The summed E-state index contributed by atoms with van der Waals surface area (Å²) in [5.41, 5.74) is 0. The predicted octanol–water partition coefficient (Wildman–Crippen LogP) is 2.81. The Bertz CT molecular complexity index is 200. The molecule has 0 radical (unpaired) electrons. The summed E-state index contributed by atoms with van der Waals surface area (Å²) in [6, 6.07) is 0. The zero-order valence-electron chi connectivity index (χ0n) is 14.0. The van der Waals surface area contributed by atoms with Crippen molar-refractivity contribution in [2.45, 2.75) is 84.0 Å². The van der Waals surface area contributed by atoms with Crippen molar-refractivity contribution in [3.63, 3.8) is 0 Å². The van der Waals surface area contributed by atoms with E-state index in [1.54, 1.807) is 0 Å². The van der Waals surface area contributed by atoms with Crippen molar-refractivity contribution in [3.05, 3.63) is 31.2 Å². The van der Waals surface area contributed by atoms with E-state index < -0.39 is 0 Å². The summed E-state index contributed by atoms with van der Waals surface area (Å²) >= 11 is 0. The fourth-order valence-electron chi connectivity index (χ4n) is 1.99. The summed E-state index contributed by atoms with van der Waals surface area (Å²) in [5.74, 6) is 0. The second-order valence-corrected chi connectivity index (χ2v) is 5.08. The average molecular weight is 307 g/mol. The van der Waals surface area contributed by atoms with Crippen LogP contribution in [0.25, 0.3) is 0 Å². The Labute approximate surface area is 170 Å². The van der Waals surface area contributed by atoms with E-state index in [-0.39, 0.29) is 56.9 Å². The summed E-state index contributed by atoms with van der Waals surface area (Å²) in [5, 5.41) is 0. The molecule has 1 nitrogen and oxygen atoms in total. The first kappa shape index (κ1) is 26.0. The molecular formula is C18H35KO. The van der Waals surface area contributed by atoms with Gasteiger partial charge in [-0.25, -0.2) is 0 Å². The van der Waals surface area contributed by atoms with Crippen molar-refractivity contribution in [1.82, 2.24) is 0 Å². The Kier molecular flexibility index (Phi) is 32.6. The molecule has 0 amide bonds. The molecule has 0 fully saturated rings. The number of hydrogen-bond donors (Lipinski definition) is 0. The molecule has 0 aromatic heterocycles. The van der Waals surface area contributed by atoms with Crippen molar-refractivity contribution < 1.29 is 56.9 Å². The number of unbranched alkanes of at least 4 members (excludes halogenated alkanes) is 9. The van der Waals surface area contributed by atoms with Crippen molar-refractivity contribution in [3.8, 4) is 0 Å². The van der Waals surface area contributed by atoms with E-state index >= 15 is 0 Å². The van der Waals surface area contributed by atoms with Gasteiger partial charge in [0.1, 0.15) is 0 Å². The van der Waals surface area contributed by atoms with E-state index in [0.717, 1.165) is 12.8 Å². The third-order valence-electron chi connectivity index (χ3n) is 3.20.